The molecule has 0 amide bonds. The fourth-order valence-corrected chi connectivity index (χ4v) is 3.00. The van der Waals surface area contributed by atoms with Crippen LogP contribution in [0.3, 0.4) is 0 Å². The highest BCUT2D eigenvalue weighted by Gasteiger charge is 2.32. The zero-order valence-electron chi connectivity index (χ0n) is 14.1. The second kappa shape index (κ2) is 6.72. The number of hydrogen-bond donors (Lipinski definition) is 0. The zero-order chi connectivity index (χ0) is 19.9. The van der Waals surface area contributed by atoms with Gasteiger partial charge in [-0.15, -0.1) is 0 Å². The number of alkyl halides is 3. The van der Waals surface area contributed by atoms with Crippen LogP contribution in [-0.2, 0) is 19.0 Å². The second-order valence-electron chi connectivity index (χ2n) is 6.36. The van der Waals surface area contributed by atoms with Crippen LogP contribution in [0.4, 0.5) is 22.0 Å². The van der Waals surface area contributed by atoms with E-state index in [0.717, 1.165) is 18.2 Å². The highest BCUT2D eigenvalue weighted by atomic mass is 19.4. The minimum absolute atomic E-state index is 0.0539. The Balaban J connectivity index is 1.91. The van der Waals surface area contributed by atoms with Gasteiger partial charge in [-0.3, -0.25) is 9.59 Å². The molecule has 0 radical (unpaired) electrons. The SMILES string of the molecule is Cc1ccc(Cc2c(Cc3ccc(F)c(F)c3)c(=O)c2=O)cc1C(F)(F)F. The molecule has 0 spiro atoms. The highest BCUT2D eigenvalue weighted by molar-refractivity contribution is 5.42. The molecule has 0 saturated carbocycles. The lowest BCUT2D eigenvalue weighted by atomic mass is 9.89. The molecule has 2 nitrogen and oxygen atoms in total. The molecule has 0 fully saturated rings. The van der Waals surface area contributed by atoms with E-state index in [9.17, 15) is 31.5 Å². The molecule has 0 N–H and O–H groups in total. The van der Waals surface area contributed by atoms with Gasteiger partial charge in [0.2, 0.25) is 10.9 Å². The normalized spacial score (nSPS) is 11.9. The van der Waals surface area contributed by atoms with Crippen molar-refractivity contribution in [1.29, 1.82) is 0 Å². The van der Waals surface area contributed by atoms with Crippen LogP contribution in [0.15, 0.2) is 46.0 Å². The van der Waals surface area contributed by atoms with Gasteiger partial charge >= 0.3 is 6.18 Å². The molecule has 27 heavy (non-hydrogen) atoms. The predicted octanol–water partition coefficient (Wildman–Crippen LogP) is 4.07. The lowest BCUT2D eigenvalue weighted by molar-refractivity contribution is -0.138. The van der Waals surface area contributed by atoms with E-state index in [2.05, 4.69) is 0 Å². The maximum atomic E-state index is 13.3. The standard InChI is InChI=1S/C20H13F5O2/c1-10-2-3-11(8-15(10)20(23,24)25)6-13-14(19(27)18(13)26)7-12-4-5-16(21)17(22)9-12/h2-5,8-9H,6-7H2,1H3. The summed E-state index contributed by atoms with van der Waals surface area (Å²) in [6.45, 7) is 1.33. The van der Waals surface area contributed by atoms with Crippen LogP contribution in [-0.4, -0.2) is 0 Å². The Morgan fingerprint density at radius 1 is 0.778 bits per heavy atom. The van der Waals surface area contributed by atoms with Crippen LogP contribution in [0.2, 0.25) is 0 Å². The molecule has 0 aliphatic rings. The van der Waals surface area contributed by atoms with Crippen LogP contribution in [0, 0.1) is 18.6 Å². The summed E-state index contributed by atoms with van der Waals surface area (Å²) in [5.74, 6) is -2.12. The van der Waals surface area contributed by atoms with E-state index in [1.165, 1.54) is 25.1 Å². The van der Waals surface area contributed by atoms with Crippen molar-refractivity contribution in [2.45, 2.75) is 25.9 Å². The number of hydrogen-bond acceptors (Lipinski definition) is 2. The Kier molecular flexibility index (Phi) is 4.71. The van der Waals surface area contributed by atoms with Crippen molar-refractivity contribution >= 4 is 0 Å². The summed E-state index contributed by atoms with van der Waals surface area (Å²) in [7, 11) is 0. The van der Waals surface area contributed by atoms with Crippen LogP contribution in [0.5, 0.6) is 0 Å². The number of rotatable bonds is 4. The molecular formula is C20H13F5O2. The van der Waals surface area contributed by atoms with Crippen molar-refractivity contribution in [3.63, 3.8) is 0 Å². The third-order valence-corrected chi connectivity index (χ3v) is 4.47. The molecule has 140 valence electrons. The van der Waals surface area contributed by atoms with Gasteiger partial charge in [-0.1, -0.05) is 18.2 Å². The Morgan fingerprint density at radius 2 is 1.30 bits per heavy atom. The molecule has 0 aliphatic carbocycles. The number of benzene rings is 2. The molecule has 0 saturated heterocycles. The first-order valence-electron chi connectivity index (χ1n) is 7.99. The van der Waals surface area contributed by atoms with Crippen molar-refractivity contribution in [3.05, 3.63) is 102 Å². The van der Waals surface area contributed by atoms with Crippen molar-refractivity contribution in [2.24, 2.45) is 0 Å². The van der Waals surface area contributed by atoms with Gasteiger partial charge in [0.05, 0.1) is 5.56 Å². The molecule has 0 aliphatic heterocycles. The summed E-state index contributed by atoms with van der Waals surface area (Å²) in [5.41, 5.74) is -1.52. The van der Waals surface area contributed by atoms with Gasteiger partial charge in [-0.25, -0.2) is 8.78 Å². The largest absolute Gasteiger partial charge is 0.416 e. The lowest BCUT2D eigenvalue weighted by Crippen LogP contribution is -2.40. The van der Waals surface area contributed by atoms with Gasteiger partial charge in [0.1, 0.15) is 0 Å². The molecule has 0 unspecified atom stereocenters. The first-order valence-corrected chi connectivity index (χ1v) is 7.99. The van der Waals surface area contributed by atoms with Crippen molar-refractivity contribution in [1.82, 2.24) is 0 Å². The maximum Gasteiger partial charge on any atom is 0.416 e. The van der Waals surface area contributed by atoms with Gasteiger partial charge in [-0.2, -0.15) is 13.2 Å². The van der Waals surface area contributed by atoms with Gasteiger partial charge in [0.25, 0.3) is 0 Å². The van der Waals surface area contributed by atoms with Crippen molar-refractivity contribution in [3.8, 4) is 0 Å². The maximum absolute atomic E-state index is 13.3. The Morgan fingerprint density at radius 3 is 1.81 bits per heavy atom. The van der Waals surface area contributed by atoms with E-state index in [1.54, 1.807) is 0 Å². The monoisotopic (exact) mass is 380 g/mol. The Bertz CT molecular complexity index is 1090. The fraction of sp³-hybridized carbons (Fsp3) is 0.200. The smallest absolute Gasteiger partial charge is 0.285 e. The van der Waals surface area contributed by atoms with Gasteiger partial charge in [0, 0.05) is 24.0 Å². The molecule has 3 aromatic rings. The predicted molar refractivity (Wildman–Crippen MR) is 89.5 cm³/mol. The molecule has 3 rings (SSSR count). The summed E-state index contributed by atoms with van der Waals surface area (Å²) < 4.78 is 65.4. The minimum Gasteiger partial charge on any atom is -0.285 e. The van der Waals surface area contributed by atoms with E-state index < -0.39 is 34.2 Å². The molecule has 0 heterocycles. The van der Waals surface area contributed by atoms with Crippen molar-refractivity contribution in [2.75, 3.05) is 0 Å². The van der Waals surface area contributed by atoms with E-state index in [-0.39, 0.29) is 35.1 Å². The third kappa shape index (κ3) is 3.67. The topological polar surface area (TPSA) is 34.1 Å². The molecule has 0 aromatic heterocycles. The Hall–Kier alpha value is -2.83. The summed E-state index contributed by atoms with van der Waals surface area (Å²) in [5, 5.41) is 0. The zero-order valence-corrected chi connectivity index (χ0v) is 14.1. The van der Waals surface area contributed by atoms with Crippen molar-refractivity contribution < 1.29 is 22.0 Å². The molecule has 0 atom stereocenters. The molecular weight excluding hydrogens is 367 g/mol. The Labute approximate surface area is 150 Å². The summed E-state index contributed by atoms with van der Waals surface area (Å²) in [6, 6.07) is 6.83. The summed E-state index contributed by atoms with van der Waals surface area (Å²) in [6.07, 6.45) is -4.75. The summed E-state index contributed by atoms with van der Waals surface area (Å²) in [4.78, 5) is 23.7. The van der Waals surface area contributed by atoms with Crippen LogP contribution < -0.4 is 10.9 Å². The fourth-order valence-electron chi connectivity index (χ4n) is 3.00. The van der Waals surface area contributed by atoms with Crippen LogP contribution in [0.25, 0.3) is 0 Å². The first kappa shape index (κ1) is 18.9. The highest BCUT2D eigenvalue weighted by Crippen LogP contribution is 2.32. The first-order chi connectivity index (χ1) is 12.6. The number of aryl methyl sites for hydroxylation is 1. The van der Waals surface area contributed by atoms with Gasteiger partial charge < -0.3 is 0 Å². The summed E-state index contributed by atoms with van der Waals surface area (Å²) >= 11 is 0. The quantitative estimate of drug-likeness (QED) is 0.505. The van der Waals surface area contributed by atoms with E-state index in [0.29, 0.717) is 5.56 Å². The number of halogens is 5. The minimum atomic E-state index is -4.53. The molecule has 3 aromatic carbocycles. The lowest BCUT2D eigenvalue weighted by Gasteiger charge is -2.14. The van der Waals surface area contributed by atoms with E-state index in [1.807, 2.05) is 0 Å². The van der Waals surface area contributed by atoms with E-state index in [4.69, 9.17) is 0 Å². The average molecular weight is 380 g/mol. The second-order valence-corrected chi connectivity index (χ2v) is 6.36. The average Bonchev–Trinajstić information content (AvgIpc) is 2.61. The third-order valence-electron chi connectivity index (χ3n) is 4.47. The van der Waals surface area contributed by atoms with Gasteiger partial charge in [-0.05, 0) is 41.8 Å². The van der Waals surface area contributed by atoms with E-state index >= 15 is 0 Å². The van der Waals surface area contributed by atoms with Crippen LogP contribution >= 0.6 is 0 Å². The van der Waals surface area contributed by atoms with Gasteiger partial charge in [0.15, 0.2) is 11.6 Å². The molecule has 0 bridgehead atoms. The molecule has 7 heteroatoms. The van der Waals surface area contributed by atoms with Crippen LogP contribution in [0.1, 0.15) is 33.4 Å².